The summed E-state index contributed by atoms with van der Waals surface area (Å²) in [5.74, 6) is -2.32. The summed E-state index contributed by atoms with van der Waals surface area (Å²) in [5, 5.41) is -0.391. The molecule has 27 heavy (non-hydrogen) atoms. The van der Waals surface area contributed by atoms with Gasteiger partial charge in [-0.25, -0.2) is 4.79 Å². The zero-order valence-corrected chi connectivity index (χ0v) is 16.1. The number of thioether (sulfide) groups is 1. The summed E-state index contributed by atoms with van der Waals surface area (Å²) in [6.07, 6.45) is 0. The Kier molecular flexibility index (Phi) is 6.84. The molecule has 4 N–H and O–H groups in total. The van der Waals surface area contributed by atoms with Gasteiger partial charge < -0.3 is 25.7 Å². The van der Waals surface area contributed by atoms with E-state index in [-0.39, 0.29) is 18.2 Å². The molecule has 3 unspecified atom stereocenters. The number of hydrogen-bond donors (Lipinski definition) is 2. The lowest BCUT2D eigenvalue weighted by Crippen LogP contribution is -2.68. The fraction of sp³-hybridized carbons (Fsp3) is 0.625. The Morgan fingerprint density at radius 3 is 2.52 bits per heavy atom. The molecule has 0 aromatic carbocycles. The first-order valence-corrected chi connectivity index (χ1v) is 9.35. The van der Waals surface area contributed by atoms with Crippen LogP contribution < -0.4 is 11.5 Å². The highest BCUT2D eigenvalue weighted by Crippen LogP contribution is 2.39. The van der Waals surface area contributed by atoms with Crippen LogP contribution >= 0.6 is 11.8 Å². The first-order chi connectivity index (χ1) is 12.6. The normalized spacial score (nSPS) is 22.7. The van der Waals surface area contributed by atoms with E-state index >= 15 is 0 Å². The van der Waals surface area contributed by atoms with Crippen LogP contribution in [0.5, 0.6) is 0 Å². The quantitative estimate of drug-likeness (QED) is 0.311. The maximum Gasteiger partial charge on any atom is 0.358 e. The lowest BCUT2D eigenvalue weighted by Gasteiger charge is -2.48. The molecule has 1 amide bonds. The summed E-state index contributed by atoms with van der Waals surface area (Å²) in [6.45, 7) is 3.94. The largest absolute Gasteiger partial charge is 0.461 e. The first kappa shape index (κ1) is 21.2. The van der Waals surface area contributed by atoms with Crippen molar-refractivity contribution < 1.29 is 33.4 Å². The second kappa shape index (κ2) is 8.72. The number of nitrogens with two attached hydrogens (primary N) is 2. The second-order valence-electron chi connectivity index (χ2n) is 6.45. The monoisotopic (exact) mass is 401 g/mol. The van der Waals surface area contributed by atoms with Crippen molar-refractivity contribution in [2.75, 3.05) is 19.2 Å². The molecule has 2 rings (SSSR count). The molecule has 1 saturated heterocycles. The minimum atomic E-state index is -0.867. The molecule has 2 heterocycles. The molecule has 0 aromatic rings. The Balaban J connectivity index is 2.07. The van der Waals surface area contributed by atoms with Crippen LogP contribution in [0.1, 0.15) is 20.8 Å². The van der Waals surface area contributed by atoms with Crippen molar-refractivity contribution in [3.63, 3.8) is 0 Å². The van der Waals surface area contributed by atoms with E-state index in [9.17, 15) is 19.2 Å². The molecule has 1 fully saturated rings. The van der Waals surface area contributed by atoms with Gasteiger partial charge in [0.1, 0.15) is 29.8 Å². The Morgan fingerprint density at radius 1 is 1.26 bits per heavy atom. The average molecular weight is 401 g/mol. The van der Waals surface area contributed by atoms with Crippen LogP contribution in [0.25, 0.3) is 0 Å². The predicted octanol–water partition coefficient (Wildman–Crippen LogP) is -0.927. The van der Waals surface area contributed by atoms with Crippen LogP contribution in [0.15, 0.2) is 11.3 Å². The maximum atomic E-state index is 12.5. The van der Waals surface area contributed by atoms with Gasteiger partial charge in [0.05, 0.1) is 0 Å². The molecule has 0 radical (unpaired) electrons. The van der Waals surface area contributed by atoms with Crippen molar-refractivity contribution in [1.82, 2.24) is 4.90 Å². The van der Waals surface area contributed by atoms with Gasteiger partial charge >= 0.3 is 17.9 Å². The Labute approximate surface area is 160 Å². The van der Waals surface area contributed by atoms with Gasteiger partial charge in [-0.1, -0.05) is 13.8 Å². The van der Waals surface area contributed by atoms with E-state index in [4.69, 9.17) is 25.7 Å². The lowest BCUT2D eigenvalue weighted by atomic mass is 10.0. The zero-order chi connectivity index (χ0) is 20.3. The Hall–Kier alpha value is -2.11. The van der Waals surface area contributed by atoms with E-state index in [1.807, 2.05) is 0 Å². The van der Waals surface area contributed by atoms with Crippen LogP contribution in [0, 0.1) is 5.92 Å². The minimum absolute atomic E-state index is 0.0316. The van der Waals surface area contributed by atoms with Gasteiger partial charge in [-0.05, 0) is 5.92 Å². The average Bonchev–Trinajstić information content (AvgIpc) is 2.63. The van der Waals surface area contributed by atoms with Crippen molar-refractivity contribution in [1.29, 1.82) is 0 Å². The van der Waals surface area contributed by atoms with Crippen molar-refractivity contribution in [2.45, 2.75) is 38.2 Å². The van der Waals surface area contributed by atoms with Gasteiger partial charge in [0.15, 0.2) is 0 Å². The number of carbonyl (C=O) groups excluding carboxylic acids is 4. The number of esters is 3. The van der Waals surface area contributed by atoms with Crippen LogP contribution in [0.2, 0.25) is 0 Å². The number of fused-ring (bicyclic) bond motifs is 1. The number of carbonyl (C=O) groups is 4. The van der Waals surface area contributed by atoms with E-state index < -0.39 is 48.1 Å². The zero-order valence-electron chi connectivity index (χ0n) is 15.3. The van der Waals surface area contributed by atoms with Crippen molar-refractivity contribution in [3.8, 4) is 0 Å². The number of rotatable bonds is 7. The first-order valence-electron chi connectivity index (χ1n) is 8.30. The predicted molar refractivity (Wildman–Crippen MR) is 94.6 cm³/mol. The van der Waals surface area contributed by atoms with Crippen LogP contribution in [0.3, 0.4) is 0 Å². The number of hydrogen-bond acceptors (Lipinski definition) is 10. The number of amides is 1. The lowest BCUT2D eigenvalue weighted by molar-refractivity contribution is -0.169. The summed E-state index contributed by atoms with van der Waals surface area (Å²) >= 11 is 1.36. The minimum Gasteiger partial charge on any atom is -0.461 e. The van der Waals surface area contributed by atoms with Crippen LogP contribution in [-0.2, 0) is 33.4 Å². The third-order valence-corrected chi connectivity index (χ3v) is 5.47. The highest BCUT2D eigenvalue weighted by molar-refractivity contribution is 8.00. The number of β-lactam (4-membered cyclic amide) rings is 1. The van der Waals surface area contributed by atoms with Gasteiger partial charge in [-0.3, -0.25) is 19.3 Å². The van der Waals surface area contributed by atoms with E-state index in [2.05, 4.69) is 0 Å². The van der Waals surface area contributed by atoms with Crippen LogP contribution in [-0.4, -0.2) is 65.3 Å². The topological polar surface area (TPSA) is 151 Å². The van der Waals surface area contributed by atoms with E-state index in [0.29, 0.717) is 11.3 Å². The highest BCUT2D eigenvalue weighted by atomic mass is 32.2. The number of nitrogens with zero attached hydrogens (tertiary/aromatic N) is 1. The third kappa shape index (κ3) is 4.60. The Bertz CT molecular complexity index is 679. The van der Waals surface area contributed by atoms with Crippen LogP contribution in [0.4, 0.5) is 0 Å². The summed E-state index contributed by atoms with van der Waals surface area (Å²) in [4.78, 5) is 48.6. The van der Waals surface area contributed by atoms with Gasteiger partial charge in [0.2, 0.25) is 12.7 Å². The molecule has 10 nitrogen and oxygen atoms in total. The Morgan fingerprint density at radius 2 is 1.93 bits per heavy atom. The molecule has 0 aromatic heterocycles. The van der Waals surface area contributed by atoms with Crippen molar-refractivity contribution in [2.24, 2.45) is 17.4 Å². The molecule has 150 valence electrons. The molecule has 2 aliphatic rings. The molecule has 0 aliphatic carbocycles. The summed E-state index contributed by atoms with van der Waals surface area (Å²) in [6, 6.07) is -1.55. The molecular formula is C16H23N3O7S. The molecule has 11 heteroatoms. The van der Waals surface area contributed by atoms with Gasteiger partial charge in [-0.2, -0.15) is 0 Å². The van der Waals surface area contributed by atoms with Gasteiger partial charge in [0, 0.05) is 18.2 Å². The molecule has 0 spiro atoms. The third-order valence-electron chi connectivity index (χ3n) is 4.11. The second-order valence-corrected chi connectivity index (χ2v) is 7.56. The summed E-state index contributed by atoms with van der Waals surface area (Å²) in [7, 11) is 0. The molecule has 0 bridgehead atoms. The van der Waals surface area contributed by atoms with E-state index in [1.165, 1.54) is 23.6 Å². The standard InChI is InChI=1S/C16H23N3O7S/c1-7(2)10(17)15(22)25-6-26-16(23)12-9(4-24-8(3)20)5-27-14-11(18)13(21)19(12)14/h7,10-11,14H,4-6,17-18H2,1-3H3. The number of ether oxygens (including phenoxy) is 3. The van der Waals surface area contributed by atoms with Crippen molar-refractivity contribution in [3.05, 3.63) is 11.3 Å². The molecule has 0 saturated carbocycles. The maximum absolute atomic E-state index is 12.5. The summed E-state index contributed by atoms with van der Waals surface area (Å²) in [5.41, 5.74) is 11.8. The highest BCUT2D eigenvalue weighted by Gasteiger charge is 2.52. The van der Waals surface area contributed by atoms with Gasteiger partial charge in [0.25, 0.3) is 0 Å². The SMILES string of the molecule is CC(=O)OCC1=C(C(=O)OCOC(=O)C(N)C(C)C)N2C(=O)C(N)C2SC1. The van der Waals surface area contributed by atoms with E-state index in [1.54, 1.807) is 13.8 Å². The molecular weight excluding hydrogens is 378 g/mol. The fourth-order valence-corrected chi connectivity index (χ4v) is 3.72. The fourth-order valence-electron chi connectivity index (χ4n) is 2.45. The smallest absolute Gasteiger partial charge is 0.358 e. The van der Waals surface area contributed by atoms with Gasteiger partial charge in [-0.15, -0.1) is 11.8 Å². The molecule has 3 atom stereocenters. The van der Waals surface area contributed by atoms with E-state index in [0.717, 1.165) is 0 Å². The summed E-state index contributed by atoms with van der Waals surface area (Å²) < 4.78 is 14.8. The molecule has 2 aliphatic heterocycles. The van der Waals surface area contributed by atoms with Crippen molar-refractivity contribution >= 4 is 35.6 Å².